The van der Waals surface area contributed by atoms with E-state index < -0.39 is 0 Å². The van der Waals surface area contributed by atoms with Crippen LogP contribution in [0.3, 0.4) is 0 Å². The lowest BCUT2D eigenvalue weighted by atomic mass is 9.88. The van der Waals surface area contributed by atoms with Gasteiger partial charge in [0.05, 0.1) is 6.04 Å². The Morgan fingerprint density at radius 3 is 2.33 bits per heavy atom. The van der Waals surface area contributed by atoms with E-state index in [0.29, 0.717) is 12.5 Å². The van der Waals surface area contributed by atoms with Gasteiger partial charge in [-0.2, -0.15) is 5.10 Å². The topological polar surface area (TPSA) is 50.3 Å². The highest BCUT2D eigenvalue weighted by Gasteiger charge is 2.31. The predicted molar refractivity (Wildman–Crippen MR) is 73.0 cm³/mol. The van der Waals surface area contributed by atoms with Gasteiger partial charge in [-0.3, -0.25) is 5.10 Å². The maximum atomic E-state index is 5.67. The van der Waals surface area contributed by atoms with Crippen LogP contribution in [0.4, 0.5) is 0 Å². The van der Waals surface area contributed by atoms with Crippen molar-refractivity contribution in [2.75, 3.05) is 6.61 Å². The van der Waals surface area contributed by atoms with Crippen molar-refractivity contribution in [1.29, 1.82) is 0 Å². The number of aliphatic imine (C=N–C) groups is 1. The van der Waals surface area contributed by atoms with E-state index in [0.717, 1.165) is 11.4 Å². The van der Waals surface area contributed by atoms with Gasteiger partial charge >= 0.3 is 0 Å². The summed E-state index contributed by atoms with van der Waals surface area (Å²) in [4.78, 5) is 4.64. The van der Waals surface area contributed by atoms with Crippen LogP contribution in [0.25, 0.3) is 0 Å². The Morgan fingerprint density at radius 2 is 1.89 bits per heavy atom. The van der Waals surface area contributed by atoms with Gasteiger partial charge in [-0.1, -0.05) is 41.5 Å². The highest BCUT2D eigenvalue weighted by molar-refractivity contribution is 5.93. The highest BCUT2D eigenvalue weighted by atomic mass is 16.5. The molecule has 2 rings (SSSR count). The Hall–Kier alpha value is -1.32. The molecule has 1 aliphatic heterocycles. The van der Waals surface area contributed by atoms with Gasteiger partial charge in [0.1, 0.15) is 12.3 Å². The van der Waals surface area contributed by atoms with E-state index in [2.05, 4.69) is 56.7 Å². The largest absolute Gasteiger partial charge is 0.474 e. The molecular formula is C14H23N3O. The number of ether oxygens (including phenoxy) is 1. The first-order valence-corrected chi connectivity index (χ1v) is 6.45. The van der Waals surface area contributed by atoms with Crippen LogP contribution in [-0.2, 0) is 10.2 Å². The highest BCUT2D eigenvalue weighted by Crippen LogP contribution is 2.28. The minimum Gasteiger partial charge on any atom is -0.474 e. The van der Waals surface area contributed by atoms with Crippen LogP contribution < -0.4 is 0 Å². The first-order valence-electron chi connectivity index (χ1n) is 6.45. The van der Waals surface area contributed by atoms with Gasteiger partial charge in [0, 0.05) is 11.1 Å². The van der Waals surface area contributed by atoms with Crippen LogP contribution in [0.1, 0.15) is 52.9 Å². The SMILES string of the molecule is CC(C)(C)c1cc(C2=N[C@@H](C(C)(C)C)CO2)n[nH]1. The molecule has 0 unspecified atom stereocenters. The average Bonchev–Trinajstić information content (AvgIpc) is 2.84. The molecule has 0 saturated heterocycles. The molecule has 100 valence electrons. The monoisotopic (exact) mass is 249 g/mol. The maximum Gasteiger partial charge on any atom is 0.237 e. The van der Waals surface area contributed by atoms with Gasteiger partial charge in [-0.25, -0.2) is 4.99 Å². The molecule has 4 nitrogen and oxygen atoms in total. The van der Waals surface area contributed by atoms with Gasteiger partial charge in [0.2, 0.25) is 5.90 Å². The third-order valence-electron chi connectivity index (χ3n) is 3.26. The molecule has 2 heterocycles. The fraction of sp³-hybridized carbons (Fsp3) is 0.714. The van der Waals surface area contributed by atoms with Crippen molar-refractivity contribution in [1.82, 2.24) is 10.2 Å². The summed E-state index contributed by atoms with van der Waals surface area (Å²) >= 11 is 0. The molecule has 0 bridgehead atoms. The zero-order chi connectivity index (χ0) is 13.6. The number of nitrogens with zero attached hydrogens (tertiary/aromatic N) is 2. The second-order valence-corrected chi connectivity index (χ2v) is 7.04. The number of aromatic amines is 1. The third-order valence-corrected chi connectivity index (χ3v) is 3.26. The molecule has 1 atom stereocenters. The Labute approximate surface area is 109 Å². The fourth-order valence-corrected chi connectivity index (χ4v) is 1.77. The first-order chi connectivity index (χ1) is 8.18. The summed E-state index contributed by atoms with van der Waals surface area (Å²) in [6, 6.07) is 2.24. The molecular weight excluding hydrogens is 226 g/mol. The number of aromatic nitrogens is 2. The van der Waals surface area contributed by atoms with Gasteiger partial charge in [0.25, 0.3) is 0 Å². The third kappa shape index (κ3) is 2.57. The van der Waals surface area contributed by atoms with E-state index in [1.54, 1.807) is 0 Å². The van der Waals surface area contributed by atoms with E-state index in [1.165, 1.54) is 0 Å². The number of hydrogen-bond donors (Lipinski definition) is 1. The molecule has 1 aromatic rings. The van der Waals surface area contributed by atoms with E-state index >= 15 is 0 Å². The second kappa shape index (κ2) is 4.11. The van der Waals surface area contributed by atoms with Crippen molar-refractivity contribution >= 4 is 5.90 Å². The normalized spacial score (nSPS) is 20.8. The number of rotatable bonds is 1. The molecule has 0 saturated carbocycles. The lowest BCUT2D eigenvalue weighted by Crippen LogP contribution is -2.25. The Morgan fingerprint density at radius 1 is 1.22 bits per heavy atom. The molecule has 0 radical (unpaired) electrons. The molecule has 0 spiro atoms. The Kier molecular flexibility index (Phi) is 2.99. The minimum absolute atomic E-state index is 0.0633. The molecule has 1 aromatic heterocycles. The minimum atomic E-state index is 0.0633. The van der Waals surface area contributed by atoms with Gasteiger partial charge in [0.15, 0.2) is 0 Å². The van der Waals surface area contributed by atoms with Crippen LogP contribution in [0.5, 0.6) is 0 Å². The predicted octanol–water partition coefficient (Wildman–Crippen LogP) is 2.90. The standard InChI is InChI=1S/C14H23N3O/c1-13(2,3)10-7-9(16-17-10)12-15-11(8-18-12)14(4,5)6/h7,11H,8H2,1-6H3,(H,16,17)/t11-/m1/s1. The van der Waals surface area contributed by atoms with E-state index in [4.69, 9.17) is 4.74 Å². The summed E-state index contributed by atoms with van der Waals surface area (Å²) in [5.41, 5.74) is 2.10. The Bertz CT molecular complexity index is 460. The van der Waals surface area contributed by atoms with Crippen molar-refractivity contribution in [2.45, 2.75) is 53.0 Å². The molecule has 18 heavy (non-hydrogen) atoms. The number of nitrogens with one attached hydrogen (secondary N) is 1. The van der Waals surface area contributed by atoms with Crippen molar-refractivity contribution < 1.29 is 4.74 Å². The lowest BCUT2D eigenvalue weighted by Gasteiger charge is -2.21. The molecule has 0 aromatic carbocycles. The van der Waals surface area contributed by atoms with Crippen molar-refractivity contribution in [3.05, 3.63) is 17.5 Å². The van der Waals surface area contributed by atoms with Crippen LogP contribution >= 0.6 is 0 Å². The zero-order valence-corrected chi connectivity index (χ0v) is 12.2. The molecule has 0 amide bonds. The summed E-state index contributed by atoms with van der Waals surface area (Å²) in [5, 5.41) is 7.37. The van der Waals surface area contributed by atoms with Gasteiger partial charge in [-0.15, -0.1) is 0 Å². The second-order valence-electron chi connectivity index (χ2n) is 7.04. The molecule has 4 heteroatoms. The Balaban J connectivity index is 2.22. The smallest absolute Gasteiger partial charge is 0.237 e. The van der Waals surface area contributed by atoms with Crippen LogP contribution in [0.15, 0.2) is 11.1 Å². The zero-order valence-electron chi connectivity index (χ0n) is 12.2. The average molecular weight is 249 g/mol. The first kappa shape index (κ1) is 13.1. The van der Waals surface area contributed by atoms with Gasteiger partial charge in [-0.05, 0) is 11.5 Å². The summed E-state index contributed by atoms with van der Waals surface area (Å²) in [6.07, 6.45) is 0. The van der Waals surface area contributed by atoms with Crippen molar-refractivity contribution in [2.24, 2.45) is 10.4 Å². The van der Waals surface area contributed by atoms with Gasteiger partial charge < -0.3 is 4.74 Å². The molecule has 1 aliphatic rings. The number of H-pyrrole nitrogens is 1. The summed E-state index contributed by atoms with van der Waals surface area (Å²) in [5.74, 6) is 0.668. The molecule has 0 aliphatic carbocycles. The van der Waals surface area contributed by atoms with E-state index in [1.807, 2.05) is 6.07 Å². The summed E-state index contributed by atoms with van der Waals surface area (Å²) in [7, 11) is 0. The summed E-state index contributed by atoms with van der Waals surface area (Å²) < 4.78 is 5.67. The maximum absolute atomic E-state index is 5.67. The molecule has 0 fully saturated rings. The van der Waals surface area contributed by atoms with Crippen molar-refractivity contribution in [3.63, 3.8) is 0 Å². The lowest BCUT2D eigenvalue weighted by molar-refractivity contribution is 0.235. The molecule has 1 N–H and O–H groups in total. The number of hydrogen-bond acceptors (Lipinski definition) is 3. The van der Waals surface area contributed by atoms with Crippen LogP contribution in [0, 0.1) is 5.41 Å². The summed E-state index contributed by atoms with van der Waals surface area (Å²) in [6.45, 7) is 13.6. The van der Waals surface area contributed by atoms with Crippen LogP contribution in [0.2, 0.25) is 0 Å². The van der Waals surface area contributed by atoms with Crippen molar-refractivity contribution in [3.8, 4) is 0 Å². The quantitative estimate of drug-likeness (QED) is 0.832. The van der Waals surface area contributed by atoms with E-state index in [-0.39, 0.29) is 16.9 Å². The fourth-order valence-electron chi connectivity index (χ4n) is 1.77. The van der Waals surface area contributed by atoms with Crippen LogP contribution in [-0.4, -0.2) is 28.7 Å². The van der Waals surface area contributed by atoms with E-state index in [9.17, 15) is 0 Å².